The highest BCUT2D eigenvalue weighted by Gasteiger charge is 2.28. The molecule has 1 aliphatic rings. The van der Waals surface area contributed by atoms with Crippen LogP contribution in [-0.2, 0) is 0 Å². The van der Waals surface area contributed by atoms with Crippen molar-refractivity contribution < 1.29 is 4.79 Å². The van der Waals surface area contributed by atoms with E-state index in [0.717, 1.165) is 32.1 Å². The highest BCUT2D eigenvalue weighted by atomic mass is 16.2. The fourth-order valence-corrected chi connectivity index (χ4v) is 3.04. The first-order chi connectivity index (χ1) is 9.06. The molecule has 0 amide bonds. The van der Waals surface area contributed by atoms with Gasteiger partial charge in [-0.15, -0.1) is 0 Å². The fourth-order valence-electron chi connectivity index (χ4n) is 3.04. The Morgan fingerprint density at radius 2 is 2.05 bits per heavy atom. The Kier molecular flexibility index (Phi) is 4.02. The summed E-state index contributed by atoms with van der Waals surface area (Å²) in [5.41, 5.74) is -0.776. The second kappa shape index (κ2) is 5.55. The summed E-state index contributed by atoms with van der Waals surface area (Å²) in [7, 11) is 0. The number of rotatable bonds is 3. The molecule has 2 rings (SSSR count). The molecule has 1 saturated carbocycles. The number of nitrogens with zero attached hydrogens (tertiary/aromatic N) is 1. The zero-order valence-corrected chi connectivity index (χ0v) is 11.4. The normalized spacial score (nSPS) is 23.3. The predicted molar refractivity (Wildman–Crippen MR) is 72.6 cm³/mol. The molecule has 1 aliphatic carbocycles. The Morgan fingerprint density at radius 1 is 1.37 bits per heavy atom. The SMILES string of the molecule is CCC1CCCCC1n1c(=O)[nH]cc(C(C)=O)c1=O. The molecule has 1 aromatic heterocycles. The number of H-pyrrole nitrogens is 1. The van der Waals surface area contributed by atoms with Gasteiger partial charge in [0.25, 0.3) is 5.56 Å². The molecule has 0 aliphatic heterocycles. The van der Waals surface area contributed by atoms with E-state index in [1.54, 1.807) is 0 Å². The third-order valence-corrected chi connectivity index (χ3v) is 4.11. The van der Waals surface area contributed by atoms with Crippen molar-refractivity contribution in [1.82, 2.24) is 9.55 Å². The highest BCUT2D eigenvalue weighted by Crippen LogP contribution is 2.34. The molecule has 0 radical (unpaired) electrons. The zero-order valence-electron chi connectivity index (χ0n) is 11.4. The van der Waals surface area contributed by atoms with Crippen molar-refractivity contribution >= 4 is 5.78 Å². The van der Waals surface area contributed by atoms with Gasteiger partial charge in [0.15, 0.2) is 5.78 Å². The standard InChI is InChI=1S/C14H20N2O3/c1-3-10-6-4-5-7-12(10)16-13(18)11(9(2)17)8-15-14(16)19/h8,10,12H,3-7H2,1-2H3,(H,15,19). The second-order valence-corrected chi connectivity index (χ2v) is 5.26. The summed E-state index contributed by atoms with van der Waals surface area (Å²) < 4.78 is 1.27. The molecule has 0 saturated heterocycles. The van der Waals surface area contributed by atoms with Crippen molar-refractivity contribution in [3.8, 4) is 0 Å². The van der Waals surface area contributed by atoms with E-state index in [1.165, 1.54) is 17.7 Å². The van der Waals surface area contributed by atoms with Crippen LogP contribution in [-0.4, -0.2) is 15.3 Å². The van der Waals surface area contributed by atoms with Gasteiger partial charge in [-0.3, -0.25) is 14.2 Å². The van der Waals surface area contributed by atoms with Crippen LogP contribution in [0.5, 0.6) is 0 Å². The third kappa shape index (κ3) is 2.55. The Morgan fingerprint density at radius 3 is 2.68 bits per heavy atom. The van der Waals surface area contributed by atoms with Crippen LogP contribution in [0.3, 0.4) is 0 Å². The van der Waals surface area contributed by atoms with E-state index in [-0.39, 0.29) is 17.4 Å². The van der Waals surface area contributed by atoms with Gasteiger partial charge >= 0.3 is 5.69 Å². The van der Waals surface area contributed by atoms with E-state index in [9.17, 15) is 14.4 Å². The second-order valence-electron chi connectivity index (χ2n) is 5.26. The van der Waals surface area contributed by atoms with Gasteiger partial charge in [0.05, 0.1) is 5.56 Å². The maximum Gasteiger partial charge on any atom is 0.328 e. The summed E-state index contributed by atoms with van der Waals surface area (Å²) in [6.45, 7) is 3.43. The molecule has 104 valence electrons. The topological polar surface area (TPSA) is 71.9 Å². The number of ketones is 1. The summed E-state index contributed by atoms with van der Waals surface area (Å²) in [4.78, 5) is 38.2. The van der Waals surface area contributed by atoms with Gasteiger partial charge in [-0.05, 0) is 25.7 Å². The number of aromatic amines is 1. The average Bonchev–Trinajstić information content (AvgIpc) is 2.39. The van der Waals surface area contributed by atoms with Crippen molar-refractivity contribution in [2.45, 2.75) is 52.0 Å². The van der Waals surface area contributed by atoms with Gasteiger partial charge < -0.3 is 4.98 Å². The van der Waals surface area contributed by atoms with E-state index >= 15 is 0 Å². The first-order valence-corrected chi connectivity index (χ1v) is 6.91. The van der Waals surface area contributed by atoms with Gasteiger partial charge in [0.1, 0.15) is 0 Å². The van der Waals surface area contributed by atoms with Crippen molar-refractivity contribution in [2.75, 3.05) is 0 Å². The monoisotopic (exact) mass is 264 g/mol. The Balaban J connectivity index is 2.54. The summed E-state index contributed by atoms with van der Waals surface area (Å²) >= 11 is 0. The third-order valence-electron chi connectivity index (χ3n) is 4.11. The molecule has 2 unspecified atom stereocenters. The van der Waals surface area contributed by atoms with Crippen LogP contribution < -0.4 is 11.2 Å². The molecule has 1 heterocycles. The zero-order chi connectivity index (χ0) is 14.0. The number of carbonyl (C=O) groups excluding carboxylic acids is 1. The lowest BCUT2D eigenvalue weighted by molar-refractivity contribution is 0.101. The summed E-state index contributed by atoms with van der Waals surface area (Å²) in [5, 5.41) is 0. The van der Waals surface area contributed by atoms with Gasteiger partial charge in [-0.1, -0.05) is 26.2 Å². The van der Waals surface area contributed by atoms with Crippen molar-refractivity contribution in [3.63, 3.8) is 0 Å². The molecular formula is C14H20N2O3. The molecule has 5 nitrogen and oxygen atoms in total. The van der Waals surface area contributed by atoms with Crippen molar-refractivity contribution in [2.24, 2.45) is 5.92 Å². The van der Waals surface area contributed by atoms with E-state index in [0.29, 0.717) is 5.92 Å². The number of hydrogen-bond donors (Lipinski definition) is 1. The molecule has 0 aromatic carbocycles. The average molecular weight is 264 g/mol. The molecule has 1 aromatic rings. The Hall–Kier alpha value is -1.65. The van der Waals surface area contributed by atoms with Gasteiger partial charge in [0.2, 0.25) is 0 Å². The first-order valence-electron chi connectivity index (χ1n) is 6.91. The van der Waals surface area contributed by atoms with Crippen LogP contribution in [0.2, 0.25) is 0 Å². The van der Waals surface area contributed by atoms with Gasteiger partial charge in [-0.2, -0.15) is 0 Å². The summed E-state index contributed by atoms with van der Waals surface area (Å²) in [6, 6.07) is -0.0747. The Labute approximate surface area is 111 Å². The van der Waals surface area contributed by atoms with Crippen LogP contribution in [0.15, 0.2) is 15.8 Å². The lowest BCUT2D eigenvalue weighted by Gasteiger charge is -2.31. The van der Waals surface area contributed by atoms with E-state index in [2.05, 4.69) is 11.9 Å². The Bertz CT molecular complexity index is 585. The molecule has 1 fully saturated rings. The molecule has 0 spiro atoms. The molecule has 19 heavy (non-hydrogen) atoms. The molecule has 2 atom stereocenters. The fraction of sp³-hybridized carbons (Fsp3) is 0.643. The molecular weight excluding hydrogens is 244 g/mol. The molecule has 5 heteroatoms. The molecule has 1 N–H and O–H groups in total. The summed E-state index contributed by atoms with van der Waals surface area (Å²) in [6.07, 6.45) is 6.22. The van der Waals surface area contributed by atoms with Crippen LogP contribution in [0, 0.1) is 5.92 Å². The minimum atomic E-state index is -0.443. The number of Topliss-reactive ketones (excluding diaryl/α,β-unsaturated/α-hetero) is 1. The van der Waals surface area contributed by atoms with Crippen LogP contribution >= 0.6 is 0 Å². The maximum atomic E-state index is 12.3. The maximum absolute atomic E-state index is 12.3. The van der Waals surface area contributed by atoms with Crippen LogP contribution in [0.4, 0.5) is 0 Å². The van der Waals surface area contributed by atoms with Crippen molar-refractivity contribution in [1.29, 1.82) is 0 Å². The quantitative estimate of drug-likeness (QED) is 0.847. The largest absolute Gasteiger partial charge is 0.328 e. The van der Waals surface area contributed by atoms with E-state index < -0.39 is 11.2 Å². The highest BCUT2D eigenvalue weighted by molar-refractivity contribution is 5.93. The van der Waals surface area contributed by atoms with Gasteiger partial charge in [-0.25, -0.2) is 4.79 Å². The summed E-state index contributed by atoms with van der Waals surface area (Å²) in [5.74, 6) is 0.0358. The number of hydrogen-bond acceptors (Lipinski definition) is 3. The van der Waals surface area contributed by atoms with Crippen LogP contribution in [0.1, 0.15) is 62.4 Å². The number of nitrogens with one attached hydrogen (secondary N) is 1. The minimum absolute atomic E-state index is 0.0695. The van der Waals surface area contributed by atoms with E-state index in [1.807, 2.05) is 0 Å². The van der Waals surface area contributed by atoms with E-state index in [4.69, 9.17) is 0 Å². The number of carbonyl (C=O) groups is 1. The lowest BCUT2D eigenvalue weighted by Crippen LogP contribution is -2.43. The van der Waals surface area contributed by atoms with Crippen LogP contribution in [0.25, 0.3) is 0 Å². The number of aromatic nitrogens is 2. The van der Waals surface area contributed by atoms with Gasteiger partial charge in [0, 0.05) is 12.2 Å². The molecule has 0 bridgehead atoms. The first kappa shape index (κ1) is 13.8. The van der Waals surface area contributed by atoms with Crippen molar-refractivity contribution in [3.05, 3.63) is 32.6 Å². The smallest absolute Gasteiger partial charge is 0.313 e. The minimum Gasteiger partial charge on any atom is -0.313 e. The predicted octanol–water partition coefficient (Wildman–Crippen LogP) is 1.88. The lowest BCUT2D eigenvalue weighted by atomic mass is 9.82.